The van der Waals surface area contributed by atoms with Gasteiger partial charge in [-0.1, -0.05) is 18.2 Å². The molecule has 1 aromatic carbocycles. The topological polar surface area (TPSA) is 53.9 Å². The van der Waals surface area contributed by atoms with E-state index in [0.717, 1.165) is 48.2 Å². The molecule has 2 aromatic heterocycles. The molecular weight excluding hydrogens is 288 g/mol. The summed E-state index contributed by atoms with van der Waals surface area (Å²) >= 11 is 0. The van der Waals surface area contributed by atoms with Gasteiger partial charge < -0.3 is 14.5 Å². The highest BCUT2D eigenvalue weighted by molar-refractivity contribution is 6.07. The molecule has 3 aromatic rings. The van der Waals surface area contributed by atoms with Gasteiger partial charge >= 0.3 is 0 Å². The predicted molar refractivity (Wildman–Crippen MR) is 89.4 cm³/mol. The van der Waals surface area contributed by atoms with Crippen LogP contribution >= 0.6 is 0 Å². The van der Waals surface area contributed by atoms with Crippen LogP contribution in [0.5, 0.6) is 0 Å². The molecule has 1 saturated heterocycles. The molecule has 3 heterocycles. The van der Waals surface area contributed by atoms with Gasteiger partial charge in [0.15, 0.2) is 0 Å². The molecule has 4 rings (SSSR count). The monoisotopic (exact) mass is 308 g/mol. The van der Waals surface area contributed by atoms with Crippen molar-refractivity contribution in [3.8, 4) is 0 Å². The number of rotatable bonds is 2. The summed E-state index contributed by atoms with van der Waals surface area (Å²) < 4.78 is 2.02. The quantitative estimate of drug-likeness (QED) is 0.791. The average Bonchev–Trinajstić information content (AvgIpc) is 3.23. The number of nitrogens with one attached hydrogen (secondary N) is 1. The molecular formula is C18H20N4O. The number of imidazole rings is 1. The number of piperidine rings is 1. The Morgan fingerprint density at radius 2 is 2.22 bits per heavy atom. The highest BCUT2D eigenvalue weighted by atomic mass is 16.2. The molecule has 5 heteroatoms. The maximum atomic E-state index is 13.0. The fourth-order valence-corrected chi connectivity index (χ4v) is 3.57. The van der Waals surface area contributed by atoms with Crippen LogP contribution in [0.25, 0.3) is 10.9 Å². The van der Waals surface area contributed by atoms with Crippen LogP contribution in [0.1, 0.15) is 34.9 Å². The molecule has 1 aliphatic rings. The van der Waals surface area contributed by atoms with Crippen LogP contribution in [-0.4, -0.2) is 38.4 Å². The largest absolute Gasteiger partial charge is 0.350 e. The number of aromatic nitrogens is 3. The number of fused-ring (bicyclic) bond motifs is 1. The summed E-state index contributed by atoms with van der Waals surface area (Å²) in [4.78, 5) is 22.5. The van der Waals surface area contributed by atoms with Gasteiger partial charge in [0.1, 0.15) is 5.82 Å². The third kappa shape index (κ3) is 2.42. The second-order valence-electron chi connectivity index (χ2n) is 6.24. The van der Waals surface area contributed by atoms with E-state index < -0.39 is 0 Å². The molecule has 1 aliphatic heterocycles. The molecule has 0 aliphatic carbocycles. The van der Waals surface area contributed by atoms with Crippen molar-refractivity contribution in [3.05, 3.63) is 54.2 Å². The number of hydrogen-bond donors (Lipinski definition) is 1. The van der Waals surface area contributed by atoms with E-state index >= 15 is 0 Å². The SMILES string of the molecule is Cn1cc(C(=O)N2CCC[C@H](c3ncc[nH]3)C2)c2ccccc21. The van der Waals surface area contributed by atoms with Crippen molar-refractivity contribution in [1.29, 1.82) is 0 Å². The highest BCUT2D eigenvalue weighted by Gasteiger charge is 2.28. The van der Waals surface area contributed by atoms with Gasteiger partial charge in [0.25, 0.3) is 5.91 Å². The molecule has 1 atom stereocenters. The number of hydrogen-bond acceptors (Lipinski definition) is 2. The molecule has 1 fully saturated rings. The maximum Gasteiger partial charge on any atom is 0.256 e. The summed E-state index contributed by atoms with van der Waals surface area (Å²) in [6.45, 7) is 1.55. The summed E-state index contributed by atoms with van der Waals surface area (Å²) in [7, 11) is 1.99. The first kappa shape index (κ1) is 14.1. The minimum Gasteiger partial charge on any atom is -0.350 e. The molecule has 23 heavy (non-hydrogen) atoms. The van der Waals surface area contributed by atoms with Gasteiger partial charge in [0, 0.05) is 55.5 Å². The van der Waals surface area contributed by atoms with Crippen LogP contribution in [0.2, 0.25) is 0 Å². The third-order valence-electron chi connectivity index (χ3n) is 4.74. The lowest BCUT2D eigenvalue weighted by Crippen LogP contribution is -2.39. The first-order valence-corrected chi connectivity index (χ1v) is 8.06. The standard InChI is InChI=1S/C18H20N4O/c1-21-12-15(14-6-2-3-7-16(14)21)18(23)22-10-4-5-13(11-22)17-19-8-9-20-17/h2-3,6-9,12-13H,4-5,10-11H2,1H3,(H,19,20)/t13-/m0/s1. The van der Waals surface area contributed by atoms with Crippen molar-refractivity contribution in [1.82, 2.24) is 19.4 Å². The normalized spacial score (nSPS) is 18.5. The number of carbonyl (C=O) groups is 1. The molecule has 1 N–H and O–H groups in total. The summed E-state index contributed by atoms with van der Waals surface area (Å²) in [5.41, 5.74) is 1.89. The van der Waals surface area contributed by atoms with Gasteiger partial charge in [0.05, 0.1) is 5.56 Å². The number of amides is 1. The van der Waals surface area contributed by atoms with Crippen LogP contribution in [0.4, 0.5) is 0 Å². The van der Waals surface area contributed by atoms with Crippen LogP contribution in [0.15, 0.2) is 42.9 Å². The van der Waals surface area contributed by atoms with Crippen LogP contribution in [-0.2, 0) is 7.05 Å². The van der Waals surface area contributed by atoms with E-state index in [1.165, 1.54) is 0 Å². The van der Waals surface area contributed by atoms with E-state index in [1.54, 1.807) is 6.20 Å². The van der Waals surface area contributed by atoms with Crippen molar-refractivity contribution in [2.24, 2.45) is 7.05 Å². The number of para-hydroxylation sites is 1. The lowest BCUT2D eigenvalue weighted by molar-refractivity contribution is 0.0706. The van der Waals surface area contributed by atoms with E-state index in [0.29, 0.717) is 5.92 Å². The van der Waals surface area contributed by atoms with E-state index in [1.807, 2.05) is 53.2 Å². The van der Waals surface area contributed by atoms with Crippen molar-refractivity contribution in [2.45, 2.75) is 18.8 Å². The molecule has 0 unspecified atom stereocenters. The van der Waals surface area contributed by atoms with Crippen LogP contribution < -0.4 is 0 Å². The van der Waals surface area contributed by atoms with Crippen molar-refractivity contribution < 1.29 is 4.79 Å². The molecule has 0 radical (unpaired) electrons. The van der Waals surface area contributed by atoms with E-state index in [2.05, 4.69) is 9.97 Å². The summed E-state index contributed by atoms with van der Waals surface area (Å²) in [6, 6.07) is 8.07. The summed E-state index contributed by atoms with van der Waals surface area (Å²) in [5.74, 6) is 1.41. The third-order valence-corrected chi connectivity index (χ3v) is 4.74. The Kier molecular flexibility index (Phi) is 3.41. The Hall–Kier alpha value is -2.56. The fraction of sp³-hybridized carbons (Fsp3) is 0.333. The van der Waals surface area contributed by atoms with Gasteiger partial charge in [-0.15, -0.1) is 0 Å². The number of carbonyl (C=O) groups excluding carboxylic acids is 1. The molecule has 0 saturated carbocycles. The zero-order valence-corrected chi connectivity index (χ0v) is 13.2. The van der Waals surface area contributed by atoms with Gasteiger partial charge in [-0.25, -0.2) is 4.98 Å². The zero-order valence-electron chi connectivity index (χ0n) is 13.2. The Morgan fingerprint density at radius 1 is 1.35 bits per heavy atom. The van der Waals surface area contributed by atoms with Crippen molar-refractivity contribution in [2.75, 3.05) is 13.1 Å². The lowest BCUT2D eigenvalue weighted by Gasteiger charge is -2.31. The van der Waals surface area contributed by atoms with E-state index in [-0.39, 0.29) is 5.91 Å². The zero-order chi connectivity index (χ0) is 15.8. The number of likely N-dealkylation sites (tertiary alicyclic amines) is 1. The second kappa shape index (κ2) is 5.57. The van der Waals surface area contributed by atoms with Gasteiger partial charge in [-0.3, -0.25) is 4.79 Å². The average molecular weight is 308 g/mol. The summed E-state index contributed by atoms with van der Waals surface area (Å²) in [5, 5.41) is 1.03. The minimum absolute atomic E-state index is 0.123. The maximum absolute atomic E-state index is 13.0. The Bertz CT molecular complexity index is 834. The minimum atomic E-state index is 0.123. The number of aromatic amines is 1. The van der Waals surface area contributed by atoms with Gasteiger partial charge in [-0.05, 0) is 18.9 Å². The first-order valence-electron chi connectivity index (χ1n) is 8.06. The molecule has 1 amide bonds. The molecule has 0 bridgehead atoms. The number of aryl methyl sites for hydroxylation is 1. The number of H-pyrrole nitrogens is 1. The fourth-order valence-electron chi connectivity index (χ4n) is 3.57. The number of nitrogens with zero attached hydrogens (tertiary/aromatic N) is 3. The van der Waals surface area contributed by atoms with Crippen molar-refractivity contribution in [3.63, 3.8) is 0 Å². The highest BCUT2D eigenvalue weighted by Crippen LogP contribution is 2.27. The molecule has 0 spiro atoms. The first-order chi connectivity index (χ1) is 11.2. The second-order valence-corrected chi connectivity index (χ2v) is 6.24. The van der Waals surface area contributed by atoms with E-state index in [9.17, 15) is 4.79 Å². The molecule has 118 valence electrons. The Labute approximate surface area is 134 Å². The Morgan fingerprint density at radius 3 is 3.04 bits per heavy atom. The molecule has 5 nitrogen and oxygen atoms in total. The van der Waals surface area contributed by atoms with Gasteiger partial charge in [0.2, 0.25) is 0 Å². The van der Waals surface area contributed by atoms with E-state index in [4.69, 9.17) is 0 Å². The smallest absolute Gasteiger partial charge is 0.256 e. The lowest BCUT2D eigenvalue weighted by atomic mass is 9.96. The summed E-state index contributed by atoms with van der Waals surface area (Å²) in [6.07, 6.45) is 7.67. The van der Waals surface area contributed by atoms with Crippen LogP contribution in [0.3, 0.4) is 0 Å². The predicted octanol–water partition coefficient (Wildman–Crippen LogP) is 2.92. The van der Waals surface area contributed by atoms with Crippen LogP contribution in [0, 0.1) is 0 Å². The van der Waals surface area contributed by atoms with Gasteiger partial charge in [-0.2, -0.15) is 0 Å². The Balaban J connectivity index is 1.63. The van der Waals surface area contributed by atoms with Crippen molar-refractivity contribution >= 4 is 16.8 Å². The number of benzene rings is 1.